The van der Waals surface area contributed by atoms with Gasteiger partial charge in [-0.25, -0.2) is 0 Å². The van der Waals surface area contributed by atoms with Gasteiger partial charge in [0, 0.05) is 75.4 Å². The molecule has 0 unspecified atom stereocenters. The normalized spacial score (nSPS) is 24.1. The van der Waals surface area contributed by atoms with Crippen LogP contribution in [0.3, 0.4) is 0 Å². The molecule has 4 fully saturated rings. The average molecular weight is 1480 g/mol. The van der Waals surface area contributed by atoms with Gasteiger partial charge in [0.2, 0.25) is 70.9 Å². The Balaban J connectivity index is 1.49. The van der Waals surface area contributed by atoms with Crippen LogP contribution in [0.15, 0.2) is 67.8 Å². The summed E-state index contributed by atoms with van der Waals surface area (Å²) in [4.78, 5) is 192. The summed E-state index contributed by atoms with van der Waals surface area (Å²) < 4.78 is 41.8. The van der Waals surface area contributed by atoms with Crippen molar-refractivity contribution in [3.63, 3.8) is 0 Å². The van der Waals surface area contributed by atoms with Crippen molar-refractivity contribution in [2.75, 3.05) is 88.6 Å². The molecule has 0 bridgehead atoms. The predicted octanol–water partition coefficient (Wildman–Crippen LogP) is 6.58. The molecule has 28 heteroatoms. The van der Waals surface area contributed by atoms with Crippen LogP contribution in [-0.4, -0.2) is 251 Å². The smallest absolute Gasteiger partial charge is 0.347 e. The van der Waals surface area contributed by atoms with Gasteiger partial charge in [0.15, 0.2) is 0 Å². The summed E-state index contributed by atoms with van der Waals surface area (Å²) in [5.41, 5.74) is -0.871. The molecule has 2 saturated heterocycles. The molecular weight excluding hydrogens is 1370 g/mol. The standard InChI is InChI=1S/C76H110ClF3N12O12/c1-15-18-38-90-47-64(96)91(39-19-16-2)60(43-52-30-28-49(6)29-31-52)71(101)85(10)45-61(93)81-56(35-33-51-32-34-54(55(77)42-51)76(78,79)80)69(99)92-40-24-27-57(92)68(98)83-75(36-22-23-37-75)74(104)89(14)66(53-25-20-21-26-53)73(103)88(13)59(70(100)84(8)9)44-62(94)87(12)58(41-48(4)5)67(97)82-65(50(7)17-3)72(102)86(11)46-63(90)95/h15-16,28-32,34,42,48,50,53,56-60,65-66H,1-2,17-27,33,35-41,43-47H2,3-14H3,(H,81,93)(H,82,97)(H,83,98)/t50-,56-,57-,58+,59-,60-,65-,66+/m0/s1. The molecule has 574 valence electrons. The minimum Gasteiger partial charge on any atom is -0.347 e. The number of hydrogen-bond acceptors (Lipinski definition) is 12. The first-order chi connectivity index (χ1) is 49.0. The van der Waals surface area contributed by atoms with Crippen LogP contribution in [0, 0.1) is 24.7 Å². The van der Waals surface area contributed by atoms with Gasteiger partial charge < -0.3 is 60.0 Å². The Kier molecular flexibility index (Phi) is 31.0. The minimum atomic E-state index is -4.78. The lowest BCUT2D eigenvalue weighted by atomic mass is 9.90. The molecule has 1 spiro atoms. The second-order valence-corrected chi connectivity index (χ2v) is 29.8. The third kappa shape index (κ3) is 21.7. The van der Waals surface area contributed by atoms with Crippen LogP contribution in [-0.2, 0) is 76.6 Å². The number of hydrogen-bond donors (Lipinski definition) is 3. The summed E-state index contributed by atoms with van der Waals surface area (Å²) in [6.45, 7) is 14.8. The number of nitrogens with zero attached hydrogens (tertiary/aromatic N) is 9. The van der Waals surface area contributed by atoms with Crippen molar-refractivity contribution in [2.45, 2.75) is 204 Å². The minimum absolute atomic E-state index is 0.00926. The van der Waals surface area contributed by atoms with Gasteiger partial charge in [-0.3, -0.25) is 57.5 Å². The number of amides is 12. The van der Waals surface area contributed by atoms with Crippen molar-refractivity contribution in [1.29, 1.82) is 0 Å². The molecule has 2 saturated carbocycles. The van der Waals surface area contributed by atoms with Crippen molar-refractivity contribution in [3.8, 4) is 0 Å². The number of carbonyl (C=O) groups excluding carboxylic acids is 12. The molecule has 4 aliphatic rings. The van der Waals surface area contributed by atoms with E-state index in [0.717, 1.165) is 40.3 Å². The number of nitrogens with one attached hydrogen (secondary N) is 3. The molecule has 12 amide bonds. The Bertz CT molecular complexity index is 3430. The fourth-order valence-electron chi connectivity index (χ4n) is 14.6. The number of benzene rings is 2. The highest BCUT2D eigenvalue weighted by Gasteiger charge is 2.51. The summed E-state index contributed by atoms with van der Waals surface area (Å²) in [6.07, 6.45) is 2.36. The van der Waals surface area contributed by atoms with Crippen LogP contribution in [0.1, 0.15) is 153 Å². The number of fused-ring (bicyclic) bond motifs is 1. The van der Waals surface area contributed by atoms with E-state index in [9.17, 15) is 41.9 Å². The number of likely N-dealkylation sites (N-methyl/N-ethyl adjacent to an activating group) is 6. The Hall–Kier alpha value is -8.36. The highest BCUT2D eigenvalue weighted by Crippen LogP contribution is 2.38. The molecule has 8 atom stereocenters. The second kappa shape index (κ2) is 38.1. The Labute approximate surface area is 616 Å². The van der Waals surface area contributed by atoms with Crippen molar-refractivity contribution < 1.29 is 70.7 Å². The van der Waals surface area contributed by atoms with Gasteiger partial charge >= 0.3 is 6.18 Å². The quantitative estimate of drug-likeness (QED) is 0.142. The summed E-state index contributed by atoms with van der Waals surface area (Å²) in [6, 6.07) is 1.21. The van der Waals surface area contributed by atoms with Gasteiger partial charge in [-0.05, 0) is 119 Å². The van der Waals surface area contributed by atoms with E-state index in [-0.39, 0.29) is 88.9 Å². The second-order valence-electron chi connectivity index (χ2n) is 29.4. The fraction of sp³-hybridized carbons (Fsp3) is 0.632. The maximum absolute atomic E-state index is 15.6. The number of rotatable bonds is 17. The van der Waals surface area contributed by atoms with E-state index in [2.05, 4.69) is 29.1 Å². The van der Waals surface area contributed by atoms with Crippen LogP contribution in [0.5, 0.6) is 0 Å². The molecule has 104 heavy (non-hydrogen) atoms. The van der Waals surface area contributed by atoms with Gasteiger partial charge in [-0.15, -0.1) is 13.2 Å². The molecule has 2 aromatic carbocycles. The van der Waals surface area contributed by atoms with Gasteiger partial charge in [-0.1, -0.05) is 119 Å². The Morgan fingerprint density at radius 1 is 0.702 bits per heavy atom. The largest absolute Gasteiger partial charge is 0.417 e. The van der Waals surface area contributed by atoms with Crippen molar-refractivity contribution in [1.82, 2.24) is 60.0 Å². The van der Waals surface area contributed by atoms with Gasteiger partial charge in [0.25, 0.3) is 0 Å². The zero-order chi connectivity index (χ0) is 77.2. The van der Waals surface area contributed by atoms with E-state index in [4.69, 9.17) is 11.6 Å². The SMILES string of the molecule is C=CCCN1CC(=O)N(CCC=C)[C@@H](Cc2ccc(C)cc2)C(=O)N(C)CC(=O)N[C@@H](CCc2ccc(C(F)(F)F)c(Cl)c2)C(=O)N2CCC[C@H]2C(=O)NC2(CCCC2)C(=O)N(C)[C@H](C2CCCC2)C(=O)N(C)[C@H](C(=O)N(C)C)CC(=O)N(C)[C@H](CC(C)C)C(=O)N[C@@H]([C@@H](C)CC)C(=O)N(C)CC1=O. The van der Waals surface area contributed by atoms with E-state index in [1.165, 1.54) is 89.7 Å². The summed E-state index contributed by atoms with van der Waals surface area (Å²) in [5, 5.41) is 8.12. The summed E-state index contributed by atoms with van der Waals surface area (Å²) >= 11 is 6.18. The number of carbonyl (C=O) groups is 12. The van der Waals surface area contributed by atoms with Crippen LogP contribution in [0.4, 0.5) is 13.2 Å². The number of halogens is 4. The third-order valence-corrected chi connectivity index (χ3v) is 21.3. The maximum atomic E-state index is 15.6. The Morgan fingerprint density at radius 2 is 1.32 bits per heavy atom. The lowest BCUT2D eigenvalue weighted by Gasteiger charge is -2.42. The third-order valence-electron chi connectivity index (χ3n) is 21.0. The zero-order valence-electron chi connectivity index (χ0n) is 62.8. The van der Waals surface area contributed by atoms with E-state index in [1.807, 2.05) is 39.8 Å². The van der Waals surface area contributed by atoms with Gasteiger partial charge in [-0.2, -0.15) is 13.2 Å². The zero-order valence-corrected chi connectivity index (χ0v) is 63.5. The highest BCUT2D eigenvalue weighted by atomic mass is 35.5. The van der Waals surface area contributed by atoms with Crippen molar-refractivity contribution in [3.05, 3.63) is 95.1 Å². The van der Waals surface area contributed by atoms with E-state index in [0.29, 0.717) is 44.1 Å². The molecular formula is C76H110ClF3N12O12. The molecule has 24 nitrogen and oxygen atoms in total. The number of alkyl halides is 3. The van der Waals surface area contributed by atoms with E-state index in [1.54, 1.807) is 31.2 Å². The molecule has 0 aromatic heterocycles. The fourth-order valence-corrected chi connectivity index (χ4v) is 15.0. The van der Waals surface area contributed by atoms with Crippen LogP contribution in [0.25, 0.3) is 0 Å². The maximum Gasteiger partial charge on any atom is 0.417 e. The first-order valence-electron chi connectivity index (χ1n) is 36.4. The van der Waals surface area contributed by atoms with Gasteiger partial charge in [0.1, 0.15) is 47.8 Å². The topological polar surface area (TPSA) is 270 Å². The molecule has 2 aliphatic carbocycles. The highest BCUT2D eigenvalue weighted by molar-refractivity contribution is 6.31. The van der Waals surface area contributed by atoms with E-state index < -0.39 is 173 Å². The molecule has 2 aliphatic heterocycles. The lowest BCUT2D eigenvalue weighted by Crippen LogP contribution is -2.65. The predicted molar refractivity (Wildman–Crippen MR) is 388 cm³/mol. The average Bonchev–Trinajstić information content (AvgIpc) is 1.55. The Morgan fingerprint density at radius 3 is 1.90 bits per heavy atom. The van der Waals surface area contributed by atoms with Crippen molar-refractivity contribution >= 4 is 82.5 Å². The summed E-state index contributed by atoms with van der Waals surface area (Å²) in [7, 11) is 9.96. The molecule has 2 aromatic rings. The first-order valence-corrected chi connectivity index (χ1v) is 36.8. The van der Waals surface area contributed by atoms with E-state index >= 15 is 28.8 Å². The first kappa shape index (κ1) is 84.6. The lowest BCUT2D eigenvalue weighted by molar-refractivity contribution is -0.156. The molecule has 6 rings (SSSR count). The number of aryl methyl sites for hydroxylation is 2. The molecule has 3 N–H and O–H groups in total. The van der Waals surface area contributed by atoms with Gasteiger partial charge in [0.05, 0.1) is 36.6 Å². The molecule has 2 heterocycles. The molecule has 0 radical (unpaired) electrons. The van der Waals surface area contributed by atoms with Crippen molar-refractivity contribution in [2.24, 2.45) is 17.8 Å². The monoisotopic (exact) mass is 1470 g/mol. The van der Waals surface area contributed by atoms with Crippen LogP contribution < -0.4 is 16.0 Å². The van der Waals surface area contributed by atoms with Crippen LogP contribution in [0.2, 0.25) is 5.02 Å². The van der Waals surface area contributed by atoms with Crippen LogP contribution >= 0.6 is 11.6 Å². The summed E-state index contributed by atoms with van der Waals surface area (Å²) in [5.74, 6) is -9.45.